The molecule has 1 saturated heterocycles. The molecule has 4 atom stereocenters. The topological polar surface area (TPSA) is 71.8 Å². The number of alkyl halides is 3. The van der Waals surface area contributed by atoms with Gasteiger partial charge in [0, 0.05) is 43.4 Å². The first-order valence-corrected chi connectivity index (χ1v) is 12.8. The molecule has 2 aliphatic heterocycles. The van der Waals surface area contributed by atoms with Crippen LogP contribution in [-0.4, -0.2) is 43.9 Å². The minimum absolute atomic E-state index is 0.0580. The lowest BCUT2D eigenvalue weighted by Crippen LogP contribution is -2.48. The molecule has 3 aromatic rings. The molecule has 1 N–H and O–H groups in total. The van der Waals surface area contributed by atoms with Gasteiger partial charge in [-0.15, -0.1) is 5.10 Å². The predicted octanol–water partition coefficient (Wildman–Crippen LogP) is 5.04. The Morgan fingerprint density at radius 1 is 0.972 bits per heavy atom. The van der Waals surface area contributed by atoms with Gasteiger partial charge in [-0.25, -0.2) is 14.6 Å². The van der Waals surface area contributed by atoms with Gasteiger partial charge < -0.3 is 10.2 Å². The molecular formula is C26H30F3N7. The van der Waals surface area contributed by atoms with Crippen LogP contribution in [0.4, 0.5) is 24.9 Å². The second-order valence-electron chi connectivity index (χ2n) is 10.4. The molecule has 1 aromatic carbocycles. The Bertz CT molecular complexity index is 1210. The zero-order valence-electron chi connectivity index (χ0n) is 20.2. The maximum Gasteiger partial charge on any atom is 0.416 e. The lowest BCUT2D eigenvalue weighted by Gasteiger charge is -2.38. The quantitative estimate of drug-likeness (QED) is 0.545. The van der Waals surface area contributed by atoms with Gasteiger partial charge in [-0.1, -0.05) is 18.6 Å². The maximum absolute atomic E-state index is 13.1. The number of halogens is 3. The first-order chi connectivity index (χ1) is 17.3. The smallest absolute Gasteiger partial charge is 0.356 e. The summed E-state index contributed by atoms with van der Waals surface area (Å²) in [6.45, 7) is 4.64. The van der Waals surface area contributed by atoms with E-state index in [1.807, 2.05) is 17.7 Å². The summed E-state index contributed by atoms with van der Waals surface area (Å²) in [5.41, 5.74) is 1.21. The Balaban J connectivity index is 1.20. The van der Waals surface area contributed by atoms with E-state index in [1.54, 1.807) is 18.5 Å². The Kier molecular flexibility index (Phi) is 5.84. The molecular weight excluding hydrogens is 467 g/mol. The molecule has 4 heterocycles. The van der Waals surface area contributed by atoms with Gasteiger partial charge in [0.15, 0.2) is 0 Å². The van der Waals surface area contributed by atoms with E-state index in [-0.39, 0.29) is 5.92 Å². The highest BCUT2D eigenvalue weighted by molar-refractivity contribution is 5.42. The number of nitrogens with one attached hydrogen (secondary N) is 1. The first-order valence-electron chi connectivity index (χ1n) is 12.8. The average Bonchev–Trinajstić information content (AvgIpc) is 3.25. The summed E-state index contributed by atoms with van der Waals surface area (Å²) in [7, 11) is 0. The monoisotopic (exact) mass is 497 g/mol. The second kappa shape index (κ2) is 9.05. The van der Waals surface area contributed by atoms with Crippen LogP contribution < -0.4 is 10.2 Å². The summed E-state index contributed by atoms with van der Waals surface area (Å²) in [5, 5.41) is 8.46. The highest BCUT2D eigenvalue weighted by Crippen LogP contribution is 2.40. The SMILES string of the molecule is Cc1cc(N2CC3CC[C@@H](C2)C3Nc2nc3n(n2)CCCCC3c2ccc(C(F)(F)F)cc2)ncn1. The highest BCUT2D eigenvalue weighted by atomic mass is 19.4. The average molecular weight is 498 g/mol. The predicted molar refractivity (Wildman–Crippen MR) is 130 cm³/mol. The van der Waals surface area contributed by atoms with Crippen LogP contribution in [0.15, 0.2) is 36.7 Å². The van der Waals surface area contributed by atoms with E-state index in [2.05, 4.69) is 20.2 Å². The van der Waals surface area contributed by atoms with Crippen molar-refractivity contribution < 1.29 is 13.2 Å². The van der Waals surface area contributed by atoms with Crippen LogP contribution in [-0.2, 0) is 12.7 Å². The van der Waals surface area contributed by atoms with E-state index in [0.717, 1.165) is 74.6 Å². The van der Waals surface area contributed by atoms with Gasteiger partial charge in [0.05, 0.1) is 5.56 Å². The number of hydrogen-bond donors (Lipinski definition) is 1. The van der Waals surface area contributed by atoms with E-state index < -0.39 is 11.7 Å². The lowest BCUT2D eigenvalue weighted by molar-refractivity contribution is -0.137. The van der Waals surface area contributed by atoms with Gasteiger partial charge in [0.25, 0.3) is 0 Å². The van der Waals surface area contributed by atoms with Crippen LogP contribution in [0.1, 0.15) is 60.7 Å². The van der Waals surface area contributed by atoms with Crippen LogP contribution in [0, 0.1) is 18.8 Å². The summed E-state index contributed by atoms with van der Waals surface area (Å²) in [6, 6.07) is 7.88. The summed E-state index contributed by atoms with van der Waals surface area (Å²) in [4.78, 5) is 16.0. The maximum atomic E-state index is 13.1. The summed E-state index contributed by atoms with van der Waals surface area (Å²) in [6.07, 6.45) is 2.44. The van der Waals surface area contributed by atoms with Gasteiger partial charge in [-0.05, 0) is 62.1 Å². The molecule has 190 valence electrons. The van der Waals surface area contributed by atoms with Crippen LogP contribution in [0.25, 0.3) is 0 Å². The summed E-state index contributed by atoms with van der Waals surface area (Å²) in [5.74, 6) is 3.37. The minimum atomic E-state index is -4.33. The van der Waals surface area contributed by atoms with Crippen LogP contribution >= 0.6 is 0 Å². The van der Waals surface area contributed by atoms with Crippen LogP contribution in [0.2, 0.25) is 0 Å². The third-order valence-electron chi connectivity index (χ3n) is 8.01. The molecule has 2 aromatic heterocycles. The zero-order chi connectivity index (χ0) is 24.9. The Labute approximate surface area is 208 Å². The minimum Gasteiger partial charge on any atom is -0.356 e. The molecule has 10 heteroatoms. The molecule has 0 radical (unpaired) electrons. The number of aryl methyl sites for hydroxylation is 2. The number of aromatic nitrogens is 5. The molecule has 36 heavy (non-hydrogen) atoms. The second-order valence-corrected chi connectivity index (χ2v) is 10.4. The number of anilines is 2. The molecule has 1 aliphatic carbocycles. The van der Waals surface area contributed by atoms with Crippen LogP contribution in [0.5, 0.6) is 0 Å². The Morgan fingerprint density at radius 2 is 1.72 bits per heavy atom. The Hall–Kier alpha value is -3.17. The summed E-state index contributed by atoms with van der Waals surface area (Å²) < 4.78 is 41.1. The Morgan fingerprint density at radius 3 is 2.42 bits per heavy atom. The largest absolute Gasteiger partial charge is 0.416 e. The number of piperidine rings is 1. The van der Waals surface area contributed by atoms with Gasteiger partial charge in [-0.3, -0.25) is 0 Å². The van der Waals surface area contributed by atoms with Crippen molar-refractivity contribution in [2.45, 2.75) is 63.7 Å². The fourth-order valence-electron chi connectivity index (χ4n) is 6.20. The van der Waals surface area contributed by atoms with Crippen molar-refractivity contribution in [3.8, 4) is 0 Å². The van der Waals surface area contributed by atoms with Crippen molar-refractivity contribution in [2.24, 2.45) is 11.8 Å². The fraction of sp³-hybridized carbons (Fsp3) is 0.538. The molecule has 0 amide bonds. The molecule has 1 saturated carbocycles. The fourth-order valence-corrected chi connectivity index (χ4v) is 6.20. The molecule has 3 unspecified atom stereocenters. The molecule has 2 fully saturated rings. The number of benzene rings is 1. The lowest BCUT2D eigenvalue weighted by atomic mass is 9.92. The van der Waals surface area contributed by atoms with Crippen molar-refractivity contribution in [1.82, 2.24) is 24.7 Å². The van der Waals surface area contributed by atoms with E-state index >= 15 is 0 Å². The number of rotatable bonds is 4. The van der Waals surface area contributed by atoms with Crippen molar-refractivity contribution >= 4 is 11.8 Å². The zero-order valence-corrected chi connectivity index (χ0v) is 20.2. The van der Waals surface area contributed by atoms with Gasteiger partial charge >= 0.3 is 6.18 Å². The van der Waals surface area contributed by atoms with Crippen LogP contribution in [0.3, 0.4) is 0 Å². The van der Waals surface area contributed by atoms with Gasteiger partial charge in [-0.2, -0.15) is 18.2 Å². The number of nitrogens with zero attached hydrogens (tertiary/aromatic N) is 6. The van der Waals surface area contributed by atoms with E-state index in [4.69, 9.17) is 10.1 Å². The van der Waals surface area contributed by atoms with E-state index in [1.165, 1.54) is 12.1 Å². The van der Waals surface area contributed by atoms with E-state index in [0.29, 0.717) is 23.8 Å². The highest BCUT2D eigenvalue weighted by Gasteiger charge is 2.43. The van der Waals surface area contributed by atoms with E-state index in [9.17, 15) is 13.2 Å². The first kappa shape index (κ1) is 23.2. The van der Waals surface area contributed by atoms with Crippen molar-refractivity contribution in [3.05, 3.63) is 59.3 Å². The standard InChI is InChI=1S/C26H30F3N7/c1-16-12-22(31-15-30-16)35-13-18-5-6-19(14-35)23(18)32-25-33-24-21(4-2-3-11-36(24)34-25)17-7-9-20(10-8-17)26(27,28)29/h7-10,12,15,18-19,21,23H,2-6,11,13-14H2,1H3,(H,32,34)/t18-,19?,21?,23?/m0/s1. The summed E-state index contributed by atoms with van der Waals surface area (Å²) >= 11 is 0. The normalized spacial score (nSPS) is 25.9. The van der Waals surface area contributed by atoms with Crippen molar-refractivity contribution in [2.75, 3.05) is 23.3 Å². The molecule has 6 rings (SSSR count). The van der Waals surface area contributed by atoms with Gasteiger partial charge in [0.2, 0.25) is 5.95 Å². The third-order valence-corrected chi connectivity index (χ3v) is 8.01. The van der Waals surface area contributed by atoms with Gasteiger partial charge in [0.1, 0.15) is 18.0 Å². The molecule has 2 bridgehead atoms. The molecule has 0 spiro atoms. The number of fused-ring (bicyclic) bond motifs is 3. The number of hydrogen-bond acceptors (Lipinski definition) is 6. The van der Waals surface area contributed by atoms with Crippen molar-refractivity contribution in [1.29, 1.82) is 0 Å². The third kappa shape index (κ3) is 4.41. The van der Waals surface area contributed by atoms with Crippen molar-refractivity contribution in [3.63, 3.8) is 0 Å². The molecule has 7 nitrogen and oxygen atoms in total. The molecule has 3 aliphatic rings.